The van der Waals surface area contributed by atoms with Crippen molar-refractivity contribution in [3.63, 3.8) is 0 Å². The Hall–Kier alpha value is -3.65. The number of hydrogen-bond acceptors (Lipinski definition) is 5. The van der Waals surface area contributed by atoms with Gasteiger partial charge in [0.05, 0.1) is 22.8 Å². The highest BCUT2D eigenvalue weighted by Crippen LogP contribution is 2.22. The lowest BCUT2D eigenvalue weighted by Crippen LogP contribution is -2.21. The summed E-state index contributed by atoms with van der Waals surface area (Å²) in [6, 6.07) is 22.2. The van der Waals surface area contributed by atoms with Gasteiger partial charge in [0.25, 0.3) is 15.9 Å². The van der Waals surface area contributed by atoms with Crippen molar-refractivity contribution in [2.45, 2.75) is 24.7 Å². The number of carbonyl (C=O) groups excluding carboxylic acids is 1. The lowest BCUT2D eigenvalue weighted by Gasteiger charge is -2.12. The number of hydrazone groups is 1. The Morgan fingerprint density at radius 2 is 1.66 bits per heavy atom. The summed E-state index contributed by atoms with van der Waals surface area (Å²) in [5.41, 5.74) is 3.85. The summed E-state index contributed by atoms with van der Waals surface area (Å²) < 4.78 is 33.4. The maximum Gasteiger partial charge on any atom is 0.273 e. The predicted octanol–water partition coefficient (Wildman–Crippen LogP) is 4.41. The maximum atomic E-state index is 12.8. The van der Waals surface area contributed by atoms with Crippen molar-refractivity contribution in [3.8, 4) is 5.75 Å². The molecule has 0 aliphatic carbocycles. The minimum absolute atomic E-state index is 0.00454. The van der Waals surface area contributed by atoms with E-state index in [-0.39, 0.29) is 22.1 Å². The summed E-state index contributed by atoms with van der Waals surface area (Å²) in [4.78, 5) is 12.7. The van der Waals surface area contributed by atoms with Crippen LogP contribution in [0.3, 0.4) is 0 Å². The van der Waals surface area contributed by atoms with Gasteiger partial charge in [0, 0.05) is 12.1 Å². The molecule has 0 unspecified atom stereocenters. The van der Waals surface area contributed by atoms with Crippen LogP contribution in [-0.2, 0) is 10.0 Å². The molecule has 166 valence electrons. The quantitative estimate of drug-likeness (QED) is 0.372. The molecule has 0 aliphatic heterocycles. The number of para-hydroxylation sites is 1. The summed E-state index contributed by atoms with van der Waals surface area (Å²) in [7, 11) is -3.90. The van der Waals surface area contributed by atoms with Crippen LogP contribution in [0.1, 0.15) is 35.7 Å². The summed E-state index contributed by atoms with van der Waals surface area (Å²) in [6.07, 6.45) is 1.62. The first-order valence-electron chi connectivity index (χ1n) is 10.1. The summed E-state index contributed by atoms with van der Waals surface area (Å²) in [6.45, 7) is 4.30. The molecule has 0 heterocycles. The van der Waals surface area contributed by atoms with E-state index in [0.717, 1.165) is 5.56 Å². The van der Waals surface area contributed by atoms with Crippen LogP contribution < -0.4 is 14.9 Å². The van der Waals surface area contributed by atoms with E-state index in [1.165, 1.54) is 24.3 Å². The van der Waals surface area contributed by atoms with E-state index in [1.54, 1.807) is 30.5 Å². The Labute approximate surface area is 188 Å². The molecule has 0 spiro atoms. The van der Waals surface area contributed by atoms with Gasteiger partial charge in [-0.15, -0.1) is 0 Å². The van der Waals surface area contributed by atoms with Crippen molar-refractivity contribution >= 4 is 27.8 Å². The first kappa shape index (κ1) is 23.0. The minimum atomic E-state index is -3.90. The van der Waals surface area contributed by atoms with Crippen LogP contribution in [-0.4, -0.2) is 27.1 Å². The lowest BCUT2D eigenvalue weighted by atomic mass is 10.0. The smallest absolute Gasteiger partial charge is 0.273 e. The van der Waals surface area contributed by atoms with Crippen molar-refractivity contribution < 1.29 is 17.9 Å². The second kappa shape index (κ2) is 10.6. The van der Waals surface area contributed by atoms with Crippen LogP contribution in [0, 0.1) is 0 Å². The van der Waals surface area contributed by atoms with E-state index < -0.39 is 15.9 Å². The number of carbonyl (C=O) groups is 1. The van der Waals surface area contributed by atoms with Gasteiger partial charge < -0.3 is 4.74 Å². The summed E-state index contributed by atoms with van der Waals surface area (Å²) in [5, 5.41) is 4.03. The van der Waals surface area contributed by atoms with Crippen molar-refractivity contribution in [2.75, 3.05) is 11.3 Å². The molecule has 0 saturated carbocycles. The highest BCUT2D eigenvalue weighted by molar-refractivity contribution is 7.92. The highest BCUT2D eigenvalue weighted by atomic mass is 32.2. The van der Waals surface area contributed by atoms with Gasteiger partial charge in [0.15, 0.2) is 0 Å². The van der Waals surface area contributed by atoms with Gasteiger partial charge in [-0.1, -0.05) is 49.4 Å². The van der Waals surface area contributed by atoms with Crippen molar-refractivity contribution in [1.82, 2.24) is 5.43 Å². The molecule has 0 saturated heterocycles. The second-order valence-corrected chi connectivity index (χ2v) is 8.66. The van der Waals surface area contributed by atoms with Gasteiger partial charge >= 0.3 is 0 Å². The number of rotatable bonds is 9. The fraction of sp³-hybridized carbons (Fsp3) is 0.167. The fourth-order valence-electron chi connectivity index (χ4n) is 2.97. The third-order valence-electron chi connectivity index (χ3n) is 4.65. The molecule has 0 bridgehead atoms. The molecule has 3 aromatic rings. The number of sulfonamides is 1. The van der Waals surface area contributed by atoms with E-state index in [2.05, 4.69) is 15.2 Å². The number of amides is 1. The molecule has 0 fully saturated rings. The number of nitrogens with one attached hydrogen (secondary N) is 2. The van der Waals surface area contributed by atoms with Crippen molar-refractivity contribution in [2.24, 2.45) is 5.10 Å². The second-order valence-electron chi connectivity index (χ2n) is 6.97. The zero-order chi connectivity index (χ0) is 23.0. The van der Waals surface area contributed by atoms with Gasteiger partial charge in [-0.05, 0) is 48.9 Å². The summed E-state index contributed by atoms with van der Waals surface area (Å²) >= 11 is 0. The SMILES string of the molecule is CCOc1ccc(S(=O)(=O)Nc2ccccc2C(=O)N/N=C\[C@H](C)c2ccccc2)cc1. The Morgan fingerprint density at radius 1 is 1.00 bits per heavy atom. The number of benzene rings is 3. The third-order valence-corrected chi connectivity index (χ3v) is 6.03. The molecule has 1 amide bonds. The van der Waals surface area contributed by atoms with E-state index in [4.69, 9.17) is 4.74 Å². The molecule has 3 aromatic carbocycles. The normalized spacial score (nSPS) is 12.3. The zero-order valence-electron chi connectivity index (χ0n) is 17.9. The standard InChI is InChI=1S/C24H25N3O4S/c1-3-31-20-13-15-21(16-14-20)32(29,30)27-23-12-8-7-11-22(23)24(28)26-25-17-18(2)19-9-5-4-6-10-19/h4-18,27H,3H2,1-2H3,(H,26,28)/b25-17-/t18-/m0/s1. The maximum absolute atomic E-state index is 12.8. The molecular weight excluding hydrogens is 426 g/mol. The Morgan fingerprint density at radius 3 is 2.34 bits per heavy atom. The van der Waals surface area contributed by atoms with E-state index >= 15 is 0 Å². The predicted molar refractivity (Wildman–Crippen MR) is 126 cm³/mol. The van der Waals surface area contributed by atoms with E-state index in [0.29, 0.717) is 12.4 Å². The largest absolute Gasteiger partial charge is 0.494 e. The van der Waals surface area contributed by atoms with Crippen LogP contribution in [0.25, 0.3) is 0 Å². The number of anilines is 1. The molecule has 7 nitrogen and oxygen atoms in total. The first-order valence-corrected chi connectivity index (χ1v) is 11.6. The van der Waals surface area contributed by atoms with Gasteiger partial charge in [-0.2, -0.15) is 5.10 Å². The molecule has 0 aromatic heterocycles. The monoisotopic (exact) mass is 451 g/mol. The minimum Gasteiger partial charge on any atom is -0.494 e. The highest BCUT2D eigenvalue weighted by Gasteiger charge is 2.18. The van der Waals surface area contributed by atoms with Crippen LogP contribution in [0.4, 0.5) is 5.69 Å². The van der Waals surface area contributed by atoms with Crippen LogP contribution >= 0.6 is 0 Å². The Balaban J connectivity index is 1.72. The average Bonchev–Trinajstić information content (AvgIpc) is 2.80. The Bertz CT molecular complexity index is 1180. The van der Waals surface area contributed by atoms with Crippen molar-refractivity contribution in [1.29, 1.82) is 0 Å². The molecule has 0 aliphatic rings. The third kappa shape index (κ3) is 5.95. The molecule has 0 radical (unpaired) electrons. The number of hydrogen-bond donors (Lipinski definition) is 2. The van der Waals surface area contributed by atoms with Crippen molar-refractivity contribution in [3.05, 3.63) is 90.0 Å². The van der Waals surface area contributed by atoms with Crippen LogP contribution in [0.2, 0.25) is 0 Å². The first-order chi connectivity index (χ1) is 15.4. The Kier molecular flexibility index (Phi) is 7.62. The number of nitrogens with zero attached hydrogens (tertiary/aromatic N) is 1. The number of ether oxygens (including phenoxy) is 1. The average molecular weight is 452 g/mol. The lowest BCUT2D eigenvalue weighted by molar-refractivity contribution is 0.0956. The van der Waals surface area contributed by atoms with Gasteiger partial charge in [0.2, 0.25) is 0 Å². The molecular formula is C24H25N3O4S. The topological polar surface area (TPSA) is 96.9 Å². The zero-order valence-corrected chi connectivity index (χ0v) is 18.7. The molecule has 8 heteroatoms. The van der Waals surface area contributed by atoms with Crippen LogP contribution in [0.15, 0.2) is 88.9 Å². The van der Waals surface area contributed by atoms with Gasteiger partial charge in [0.1, 0.15) is 5.75 Å². The fourth-order valence-corrected chi connectivity index (χ4v) is 4.05. The summed E-state index contributed by atoms with van der Waals surface area (Å²) in [5.74, 6) is 0.0604. The van der Waals surface area contributed by atoms with E-state index in [9.17, 15) is 13.2 Å². The molecule has 2 N–H and O–H groups in total. The van der Waals surface area contributed by atoms with Gasteiger partial charge in [-0.25, -0.2) is 13.8 Å². The molecule has 32 heavy (non-hydrogen) atoms. The molecule has 3 rings (SSSR count). The van der Waals surface area contributed by atoms with Gasteiger partial charge in [-0.3, -0.25) is 9.52 Å². The van der Waals surface area contributed by atoms with Crippen LogP contribution in [0.5, 0.6) is 5.75 Å². The van der Waals surface area contributed by atoms with E-state index in [1.807, 2.05) is 44.2 Å². The molecule has 1 atom stereocenters.